The normalized spacial score (nSPS) is 12.0. The second kappa shape index (κ2) is 6.19. The number of rotatable bonds is 5. The molecule has 2 rings (SSSR count). The first-order valence-corrected chi connectivity index (χ1v) is 6.98. The lowest BCUT2D eigenvalue weighted by atomic mass is 10.2. The molecule has 0 bridgehead atoms. The first kappa shape index (κ1) is 15.4. The summed E-state index contributed by atoms with van der Waals surface area (Å²) in [6.07, 6.45) is -0.935. The second-order valence-electron chi connectivity index (χ2n) is 4.10. The minimum atomic E-state index is -0.935. The summed E-state index contributed by atoms with van der Waals surface area (Å²) >= 11 is 6.84. The van der Waals surface area contributed by atoms with E-state index in [1.54, 1.807) is 12.1 Å². The molecule has 5 nitrogen and oxygen atoms in total. The number of ketones is 1. The number of thiophene rings is 1. The van der Waals surface area contributed by atoms with Crippen molar-refractivity contribution in [3.8, 4) is 5.75 Å². The molecule has 0 radical (unpaired) electrons. The van der Waals surface area contributed by atoms with E-state index in [9.17, 15) is 19.3 Å². The van der Waals surface area contributed by atoms with E-state index in [4.69, 9.17) is 16.3 Å². The van der Waals surface area contributed by atoms with E-state index in [0.29, 0.717) is 9.21 Å². The molecule has 0 fully saturated rings. The van der Waals surface area contributed by atoms with Crippen LogP contribution >= 0.6 is 22.9 Å². The van der Waals surface area contributed by atoms with Gasteiger partial charge < -0.3 is 4.74 Å². The largest absolute Gasteiger partial charge is 0.479 e. The number of halogens is 2. The number of nitro benzene ring substituents is 1. The van der Waals surface area contributed by atoms with Crippen molar-refractivity contribution in [2.24, 2.45) is 0 Å². The molecule has 2 aromatic rings. The first-order valence-electron chi connectivity index (χ1n) is 5.78. The van der Waals surface area contributed by atoms with Gasteiger partial charge in [-0.15, -0.1) is 11.3 Å². The fourth-order valence-corrected chi connectivity index (χ4v) is 2.65. The Morgan fingerprint density at radius 3 is 2.67 bits per heavy atom. The lowest BCUT2D eigenvalue weighted by Gasteiger charge is -2.13. The van der Waals surface area contributed by atoms with Crippen LogP contribution in [0.3, 0.4) is 0 Å². The molecular weight excluding hydrogens is 321 g/mol. The number of carbonyl (C=O) groups excluding carboxylic acids is 1. The SMILES string of the molecule is CC(Oc1ccc([N+](=O)[O-])cc1F)C(=O)c1ccc(Cl)s1. The zero-order valence-corrected chi connectivity index (χ0v) is 12.3. The van der Waals surface area contributed by atoms with Gasteiger partial charge in [0.25, 0.3) is 5.69 Å². The average molecular weight is 330 g/mol. The van der Waals surface area contributed by atoms with Gasteiger partial charge in [0, 0.05) is 6.07 Å². The lowest BCUT2D eigenvalue weighted by Crippen LogP contribution is -2.23. The summed E-state index contributed by atoms with van der Waals surface area (Å²) in [6.45, 7) is 1.47. The zero-order chi connectivity index (χ0) is 15.6. The van der Waals surface area contributed by atoms with Crippen LogP contribution in [0.25, 0.3) is 0 Å². The number of hydrogen-bond acceptors (Lipinski definition) is 5. The third-order valence-electron chi connectivity index (χ3n) is 2.62. The van der Waals surface area contributed by atoms with Gasteiger partial charge in [-0.1, -0.05) is 11.6 Å². The Hall–Kier alpha value is -1.99. The summed E-state index contributed by atoms with van der Waals surface area (Å²) in [6, 6.07) is 6.12. The number of non-ortho nitro benzene ring substituents is 1. The molecule has 0 amide bonds. The Morgan fingerprint density at radius 1 is 1.43 bits per heavy atom. The predicted octanol–water partition coefficient (Wildman–Crippen LogP) is 4.10. The van der Waals surface area contributed by atoms with Crippen molar-refractivity contribution >= 4 is 34.4 Å². The smallest absolute Gasteiger partial charge is 0.272 e. The maximum absolute atomic E-state index is 13.7. The van der Waals surface area contributed by atoms with Crippen molar-refractivity contribution in [2.75, 3.05) is 0 Å². The molecule has 0 N–H and O–H groups in total. The highest BCUT2D eigenvalue weighted by Crippen LogP contribution is 2.26. The van der Waals surface area contributed by atoms with Gasteiger partial charge in [0.15, 0.2) is 17.7 Å². The second-order valence-corrected chi connectivity index (χ2v) is 5.82. The number of Topliss-reactive ketones (excluding diaryl/α,β-unsaturated/α-hetero) is 1. The van der Waals surface area contributed by atoms with Gasteiger partial charge in [-0.3, -0.25) is 14.9 Å². The third-order valence-corrected chi connectivity index (χ3v) is 3.86. The molecular formula is C13H9ClFNO4S. The summed E-state index contributed by atoms with van der Waals surface area (Å²) in [4.78, 5) is 22.2. The standard InChI is InChI=1S/C13H9ClFNO4S/c1-7(13(17)11-4-5-12(14)21-11)20-10-3-2-8(16(18)19)6-9(10)15/h2-7H,1H3. The maximum atomic E-state index is 13.7. The minimum Gasteiger partial charge on any atom is -0.479 e. The van der Waals surface area contributed by atoms with Crippen LogP contribution in [0.2, 0.25) is 4.34 Å². The van der Waals surface area contributed by atoms with E-state index in [-0.39, 0.29) is 17.2 Å². The van der Waals surface area contributed by atoms with Crippen LogP contribution in [0.4, 0.5) is 10.1 Å². The van der Waals surface area contributed by atoms with Crippen LogP contribution in [-0.2, 0) is 0 Å². The number of carbonyl (C=O) groups is 1. The average Bonchev–Trinajstić information content (AvgIpc) is 2.86. The summed E-state index contributed by atoms with van der Waals surface area (Å²) < 4.78 is 19.4. The molecule has 1 atom stereocenters. The van der Waals surface area contributed by atoms with Crippen LogP contribution in [0.5, 0.6) is 5.75 Å². The number of nitrogens with zero attached hydrogens (tertiary/aromatic N) is 1. The summed E-state index contributed by atoms with van der Waals surface area (Å²) in [5.74, 6) is -1.46. The van der Waals surface area contributed by atoms with Crippen molar-refractivity contribution in [3.63, 3.8) is 0 Å². The quantitative estimate of drug-likeness (QED) is 0.470. The van der Waals surface area contributed by atoms with Crippen molar-refractivity contribution in [1.29, 1.82) is 0 Å². The summed E-state index contributed by atoms with van der Waals surface area (Å²) in [7, 11) is 0. The Balaban J connectivity index is 2.14. The van der Waals surface area contributed by atoms with E-state index < -0.39 is 16.8 Å². The van der Waals surface area contributed by atoms with Gasteiger partial charge in [-0.25, -0.2) is 4.39 Å². The molecule has 1 aromatic heterocycles. The fraction of sp³-hybridized carbons (Fsp3) is 0.154. The van der Waals surface area contributed by atoms with Crippen LogP contribution in [0.15, 0.2) is 30.3 Å². The van der Waals surface area contributed by atoms with E-state index >= 15 is 0 Å². The van der Waals surface area contributed by atoms with Gasteiger partial charge in [0.05, 0.1) is 20.2 Å². The van der Waals surface area contributed by atoms with E-state index in [1.165, 1.54) is 6.92 Å². The van der Waals surface area contributed by atoms with E-state index in [0.717, 1.165) is 29.5 Å². The first-order chi connectivity index (χ1) is 9.88. The highest BCUT2D eigenvalue weighted by Gasteiger charge is 2.21. The Labute approximate surface area is 128 Å². The molecule has 1 aromatic carbocycles. The van der Waals surface area contributed by atoms with Gasteiger partial charge in [-0.05, 0) is 25.1 Å². The van der Waals surface area contributed by atoms with Crippen molar-refractivity contribution in [1.82, 2.24) is 0 Å². The van der Waals surface area contributed by atoms with Gasteiger partial charge in [0.2, 0.25) is 5.78 Å². The summed E-state index contributed by atoms with van der Waals surface area (Å²) in [5, 5.41) is 10.5. The van der Waals surface area contributed by atoms with Crippen molar-refractivity contribution < 1.29 is 18.8 Å². The maximum Gasteiger partial charge on any atom is 0.272 e. The lowest BCUT2D eigenvalue weighted by molar-refractivity contribution is -0.385. The molecule has 21 heavy (non-hydrogen) atoms. The zero-order valence-electron chi connectivity index (χ0n) is 10.7. The molecule has 8 heteroatoms. The molecule has 0 spiro atoms. The van der Waals surface area contributed by atoms with Gasteiger partial charge in [-0.2, -0.15) is 0 Å². The molecule has 110 valence electrons. The predicted molar refractivity (Wildman–Crippen MR) is 76.8 cm³/mol. The highest BCUT2D eigenvalue weighted by atomic mass is 35.5. The Morgan fingerprint density at radius 2 is 2.14 bits per heavy atom. The van der Waals surface area contributed by atoms with Crippen LogP contribution in [0, 0.1) is 15.9 Å². The molecule has 0 aliphatic heterocycles. The van der Waals surface area contributed by atoms with E-state index in [2.05, 4.69) is 0 Å². The fourth-order valence-electron chi connectivity index (χ4n) is 1.59. The van der Waals surface area contributed by atoms with Crippen LogP contribution in [0.1, 0.15) is 16.6 Å². The summed E-state index contributed by atoms with van der Waals surface area (Å²) in [5.41, 5.74) is -0.385. The van der Waals surface area contributed by atoms with E-state index in [1.807, 2.05) is 0 Å². The molecule has 0 saturated heterocycles. The molecule has 0 aliphatic carbocycles. The molecule has 1 unspecified atom stereocenters. The van der Waals surface area contributed by atoms with Gasteiger partial charge in [0.1, 0.15) is 0 Å². The van der Waals surface area contributed by atoms with Crippen molar-refractivity contribution in [3.05, 3.63) is 55.5 Å². The monoisotopic (exact) mass is 329 g/mol. The Kier molecular flexibility index (Phi) is 4.54. The van der Waals surface area contributed by atoms with Gasteiger partial charge >= 0.3 is 0 Å². The topological polar surface area (TPSA) is 69.4 Å². The number of nitro groups is 1. The van der Waals surface area contributed by atoms with Crippen molar-refractivity contribution in [2.45, 2.75) is 13.0 Å². The van der Waals surface area contributed by atoms with Crippen LogP contribution in [-0.4, -0.2) is 16.8 Å². The minimum absolute atomic E-state index is 0.218. The highest BCUT2D eigenvalue weighted by molar-refractivity contribution is 7.18. The molecule has 0 saturated carbocycles. The van der Waals surface area contributed by atoms with Crippen LogP contribution < -0.4 is 4.74 Å². The molecule has 1 heterocycles. The number of benzene rings is 1. The molecule has 0 aliphatic rings. The number of hydrogen-bond donors (Lipinski definition) is 0. The Bertz CT molecular complexity index is 703. The number of ether oxygens (including phenoxy) is 1. The third kappa shape index (κ3) is 3.56.